The van der Waals surface area contributed by atoms with E-state index in [1.807, 2.05) is 73.3 Å². The van der Waals surface area contributed by atoms with Crippen LogP contribution in [0.2, 0.25) is 0 Å². The molecule has 7 heteroatoms. The van der Waals surface area contributed by atoms with E-state index < -0.39 is 0 Å². The number of thioether (sulfide) groups is 1. The lowest BCUT2D eigenvalue weighted by atomic mass is 10.1. The fourth-order valence-electron chi connectivity index (χ4n) is 3.25. The van der Waals surface area contributed by atoms with E-state index in [2.05, 4.69) is 27.7 Å². The lowest BCUT2D eigenvalue weighted by molar-refractivity contribution is -0.116. The van der Waals surface area contributed by atoms with E-state index in [1.54, 1.807) is 4.68 Å². The van der Waals surface area contributed by atoms with E-state index >= 15 is 0 Å². The first-order valence-electron chi connectivity index (χ1n) is 9.43. The maximum absolute atomic E-state index is 13.0. The highest BCUT2D eigenvalue weighted by atomic mass is 32.2. The number of benzene rings is 3. The lowest BCUT2D eigenvalue weighted by Gasteiger charge is -2.22. The van der Waals surface area contributed by atoms with Crippen molar-refractivity contribution in [1.82, 2.24) is 20.2 Å². The Morgan fingerprint density at radius 1 is 1.03 bits per heavy atom. The van der Waals surface area contributed by atoms with Crippen LogP contribution >= 0.6 is 11.8 Å². The molecule has 1 heterocycles. The Morgan fingerprint density at radius 2 is 1.79 bits per heavy atom. The van der Waals surface area contributed by atoms with E-state index in [0.717, 1.165) is 22.1 Å². The number of hydrogen-bond donors (Lipinski definition) is 0. The highest BCUT2D eigenvalue weighted by Crippen LogP contribution is 2.28. The van der Waals surface area contributed by atoms with Gasteiger partial charge in [-0.25, -0.2) is 0 Å². The number of aromatic nitrogens is 4. The Balaban J connectivity index is 1.54. The van der Waals surface area contributed by atoms with Gasteiger partial charge < -0.3 is 4.90 Å². The van der Waals surface area contributed by atoms with Crippen LogP contribution in [0.15, 0.2) is 71.9 Å². The van der Waals surface area contributed by atoms with Gasteiger partial charge in [0, 0.05) is 11.9 Å². The average Bonchev–Trinajstić information content (AvgIpc) is 3.22. The summed E-state index contributed by atoms with van der Waals surface area (Å²) >= 11 is 1.34. The summed E-state index contributed by atoms with van der Waals surface area (Å²) in [4.78, 5) is 14.8. The van der Waals surface area contributed by atoms with Gasteiger partial charge in [0.2, 0.25) is 11.1 Å². The minimum atomic E-state index is 0.0207. The fourth-order valence-corrected chi connectivity index (χ4v) is 4.01. The largest absolute Gasteiger partial charge is 0.311 e. The van der Waals surface area contributed by atoms with Crippen molar-refractivity contribution in [3.05, 3.63) is 72.3 Å². The zero-order valence-electron chi connectivity index (χ0n) is 16.3. The van der Waals surface area contributed by atoms with Crippen LogP contribution in [0.3, 0.4) is 0 Å². The number of amides is 1. The first-order valence-corrected chi connectivity index (χ1v) is 10.4. The van der Waals surface area contributed by atoms with Gasteiger partial charge >= 0.3 is 0 Å². The average molecular weight is 404 g/mol. The molecule has 0 N–H and O–H groups in total. The normalized spacial score (nSPS) is 11.0. The molecule has 0 atom stereocenters. The second-order valence-corrected chi connectivity index (χ2v) is 7.58. The van der Waals surface area contributed by atoms with Gasteiger partial charge in [0.05, 0.1) is 17.1 Å². The van der Waals surface area contributed by atoms with Gasteiger partial charge in [0.1, 0.15) is 0 Å². The van der Waals surface area contributed by atoms with Crippen molar-refractivity contribution in [1.29, 1.82) is 0 Å². The summed E-state index contributed by atoms with van der Waals surface area (Å²) in [5.41, 5.74) is 2.96. The Labute approximate surface area is 173 Å². The van der Waals surface area contributed by atoms with Gasteiger partial charge in [0.25, 0.3) is 0 Å². The summed E-state index contributed by atoms with van der Waals surface area (Å²) in [7, 11) is 0. The summed E-state index contributed by atoms with van der Waals surface area (Å²) < 4.78 is 1.66. The van der Waals surface area contributed by atoms with Crippen LogP contribution in [-0.4, -0.2) is 38.4 Å². The maximum atomic E-state index is 13.0. The molecular weight excluding hydrogens is 382 g/mol. The monoisotopic (exact) mass is 403 g/mol. The highest BCUT2D eigenvalue weighted by Gasteiger charge is 2.18. The molecule has 0 saturated carbocycles. The summed E-state index contributed by atoms with van der Waals surface area (Å²) in [6.45, 7) is 4.61. The van der Waals surface area contributed by atoms with Crippen molar-refractivity contribution < 1.29 is 4.79 Å². The molecule has 0 bridgehead atoms. The molecule has 0 radical (unpaired) electrons. The quantitative estimate of drug-likeness (QED) is 0.450. The van der Waals surface area contributed by atoms with Crippen molar-refractivity contribution in [3.8, 4) is 5.69 Å². The number of aryl methyl sites for hydroxylation is 1. The number of carbonyl (C=O) groups excluding carboxylic acids is 1. The molecule has 146 valence electrons. The topological polar surface area (TPSA) is 63.9 Å². The number of carbonyl (C=O) groups is 1. The van der Waals surface area contributed by atoms with Gasteiger partial charge in [-0.3, -0.25) is 4.79 Å². The van der Waals surface area contributed by atoms with Crippen molar-refractivity contribution in [2.75, 3.05) is 17.2 Å². The van der Waals surface area contributed by atoms with E-state index in [4.69, 9.17) is 0 Å². The second kappa shape index (κ2) is 8.45. The third-order valence-electron chi connectivity index (χ3n) is 4.72. The van der Waals surface area contributed by atoms with Crippen molar-refractivity contribution in [2.45, 2.75) is 19.0 Å². The van der Waals surface area contributed by atoms with Gasteiger partial charge in [0.15, 0.2) is 0 Å². The predicted molar refractivity (Wildman–Crippen MR) is 117 cm³/mol. The molecule has 0 aliphatic carbocycles. The third-order valence-corrected chi connectivity index (χ3v) is 5.62. The predicted octanol–water partition coefficient (Wildman–Crippen LogP) is 4.27. The van der Waals surface area contributed by atoms with Gasteiger partial charge in [-0.15, -0.1) is 5.10 Å². The molecule has 0 aliphatic rings. The van der Waals surface area contributed by atoms with Crippen molar-refractivity contribution in [3.63, 3.8) is 0 Å². The number of rotatable bonds is 6. The number of tetrazole rings is 1. The molecule has 0 unspecified atom stereocenters. The fraction of sp³-hybridized carbons (Fsp3) is 0.182. The van der Waals surface area contributed by atoms with Crippen LogP contribution in [0, 0.1) is 6.92 Å². The zero-order valence-corrected chi connectivity index (χ0v) is 17.1. The minimum Gasteiger partial charge on any atom is -0.311 e. The molecule has 4 rings (SSSR count). The highest BCUT2D eigenvalue weighted by molar-refractivity contribution is 7.99. The smallest absolute Gasteiger partial charge is 0.237 e. The van der Waals surface area contributed by atoms with E-state index in [1.165, 1.54) is 17.3 Å². The first kappa shape index (κ1) is 19.1. The first-order chi connectivity index (χ1) is 14.2. The van der Waals surface area contributed by atoms with Crippen molar-refractivity contribution in [2.24, 2.45) is 0 Å². The van der Waals surface area contributed by atoms with Gasteiger partial charge in [-0.1, -0.05) is 65.9 Å². The molecule has 0 fully saturated rings. The van der Waals surface area contributed by atoms with E-state index in [-0.39, 0.29) is 11.7 Å². The van der Waals surface area contributed by atoms with Gasteiger partial charge in [-0.2, -0.15) is 4.68 Å². The zero-order chi connectivity index (χ0) is 20.2. The number of hydrogen-bond acceptors (Lipinski definition) is 5. The Kier molecular flexibility index (Phi) is 5.57. The summed E-state index contributed by atoms with van der Waals surface area (Å²) in [6, 6.07) is 22.1. The van der Waals surface area contributed by atoms with Crippen LogP contribution in [0.4, 0.5) is 5.69 Å². The molecule has 1 amide bonds. The van der Waals surface area contributed by atoms with Crippen LogP contribution in [-0.2, 0) is 4.79 Å². The van der Waals surface area contributed by atoms with Crippen LogP contribution in [0.5, 0.6) is 0 Å². The van der Waals surface area contributed by atoms with Crippen molar-refractivity contribution >= 4 is 34.1 Å². The second-order valence-electron chi connectivity index (χ2n) is 6.63. The van der Waals surface area contributed by atoms with E-state index in [9.17, 15) is 4.79 Å². The SMILES string of the molecule is CCN(C(=O)CSc1nnnn1-c1ccc(C)cc1)c1cccc2ccccc12. The molecule has 0 spiro atoms. The lowest BCUT2D eigenvalue weighted by Crippen LogP contribution is -2.32. The summed E-state index contributed by atoms with van der Waals surface area (Å²) in [5.74, 6) is 0.274. The number of nitrogens with zero attached hydrogens (tertiary/aromatic N) is 5. The molecule has 0 saturated heterocycles. The molecule has 3 aromatic carbocycles. The van der Waals surface area contributed by atoms with Crippen LogP contribution in [0.25, 0.3) is 16.5 Å². The summed E-state index contributed by atoms with van der Waals surface area (Å²) in [5, 5.41) is 14.7. The van der Waals surface area contributed by atoms with Crippen LogP contribution in [0.1, 0.15) is 12.5 Å². The molecule has 4 aromatic rings. The molecule has 6 nitrogen and oxygen atoms in total. The Bertz CT molecular complexity index is 1130. The number of anilines is 1. The Morgan fingerprint density at radius 3 is 2.59 bits per heavy atom. The van der Waals surface area contributed by atoms with Crippen LogP contribution < -0.4 is 4.90 Å². The third kappa shape index (κ3) is 4.00. The van der Waals surface area contributed by atoms with Gasteiger partial charge in [-0.05, 0) is 47.9 Å². The molecular formula is C22H21N5OS. The molecule has 0 aliphatic heterocycles. The standard InChI is InChI=1S/C22H21N5OS/c1-3-26(20-10-6-8-17-7-4-5-9-19(17)20)21(28)15-29-22-23-24-25-27(22)18-13-11-16(2)12-14-18/h4-14H,3,15H2,1-2H3. The maximum Gasteiger partial charge on any atom is 0.237 e. The summed E-state index contributed by atoms with van der Waals surface area (Å²) in [6.07, 6.45) is 0. The minimum absolute atomic E-state index is 0.0207. The number of fused-ring (bicyclic) bond motifs is 1. The molecule has 29 heavy (non-hydrogen) atoms. The van der Waals surface area contributed by atoms with E-state index in [0.29, 0.717) is 11.7 Å². The Hall–Kier alpha value is -3.19. The molecule has 1 aromatic heterocycles.